The van der Waals surface area contributed by atoms with Gasteiger partial charge in [-0.3, -0.25) is 4.79 Å². The first-order valence-electron chi connectivity index (χ1n) is 2.15. The Hall–Kier alpha value is -0.680. The van der Waals surface area contributed by atoms with Crippen molar-refractivity contribution in [1.82, 2.24) is 0 Å². The molecule has 0 rings (SSSR count). The summed E-state index contributed by atoms with van der Waals surface area (Å²) in [6.07, 6.45) is -6.55. The molecule has 0 aliphatic heterocycles. The number of aldehydes is 1. The summed E-state index contributed by atoms with van der Waals surface area (Å²) in [7, 11) is 0. The number of hydrogen-bond donors (Lipinski definition) is 0. The van der Waals surface area contributed by atoms with E-state index in [1.165, 1.54) is 0 Å². The van der Waals surface area contributed by atoms with Crippen molar-refractivity contribution in [2.75, 3.05) is 6.67 Å². The van der Waals surface area contributed by atoms with Crippen molar-refractivity contribution >= 4 is 6.29 Å². The molecule has 10 heavy (non-hydrogen) atoms. The van der Waals surface area contributed by atoms with E-state index in [-0.39, 0.29) is 0 Å². The van der Waals surface area contributed by atoms with Crippen LogP contribution in [0, 0.1) is 0 Å². The number of carbonyl (C=O) groups excluding carboxylic acids is 1. The molecule has 0 saturated carbocycles. The first kappa shape index (κ1) is 9.32. The highest BCUT2D eigenvalue weighted by molar-refractivity contribution is 5.64. The predicted octanol–water partition coefficient (Wildman–Crippen LogP) is 1.43. The zero-order chi connectivity index (χ0) is 8.41. The van der Waals surface area contributed by atoms with Gasteiger partial charge in [-0.15, -0.1) is 0 Å². The lowest BCUT2D eigenvalue weighted by Gasteiger charge is -2.17. The molecule has 0 aliphatic carbocycles. The smallest absolute Gasteiger partial charge is 0.299 e. The third-order valence-corrected chi connectivity index (χ3v) is 0.853. The minimum absolute atomic E-state index is 1.09. The standard InChI is InChI=1S/C4H3F5O/c5-1-3(6,2-10)4(7,8)9/h2H,1H2. The van der Waals surface area contributed by atoms with Crippen LogP contribution in [0.25, 0.3) is 0 Å². The molecule has 0 saturated heterocycles. The summed E-state index contributed by atoms with van der Waals surface area (Å²) in [4.78, 5) is 9.37. The van der Waals surface area contributed by atoms with Crippen molar-refractivity contribution < 1.29 is 26.7 Å². The van der Waals surface area contributed by atoms with Crippen molar-refractivity contribution in [2.24, 2.45) is 0 Å². The van der Waals surface area contributed by atoms with Crippen LogP contribution in [-0.4, -0.2) is 24.8 Å². The Bertz CT molecular complexity index is 130. The van der Waals surface area contributed by atoms with Crippen molar-refractivity contribution in [3.63, 3.8) is 0 Å². The molecule has 6 heteroatoms. The zero-order valence-electron chi connectivity index (χ0n) is 4.58. The van der Waals surface area contributed by atoms with Crippen LogP contribution in [0.2, 0.25) is 0 Å². The van der Waals surface area contributed by atoms with E-state index < -0.39 is 24.8 Å². The van der Waals surface area contributed by atoms with Crippen LogP contribution >= 0.6 is 0 Å². The van der Waals surface area contributed by atoms with Crippen molar-refractivity contribution in [3.8, 4) is 0 Å². The molecule has 0 amide bonds. The number of rotatable bonds is 2. The van der Waals surface area contributed by atoms with Gasteiger partial charge in [0.2, 0.25) is 0 Å². The van der Waals surface area contributed by atoms with Gasteiger partial charge in [0.25, 0.3) is 5.67 Å². The molecule has 1 unspecified atom stereocenters. The summed E-state index contributed by atoms with van der Waals surface area (Å²) < 4.78 is 56.9. The Kier molecular flexibility index (Phi) is 2.34. The maximum atomic E-state index is 11.9. The Balaban J connectivity index is 4.48. The number of carbonyl (C=O) groups is 1. The molecule has 0 aliphatic rings. The summed E-state index contributed by atoms with van der Waals surface area (Å²) in [5, 5.41) is 0. The second kappa shape index (κ2) is 2.51. The quantitative estimate of drug-likeness (QED) is 0.443. The van der Waals surface area contributed by atoms with Gasteiger partial charge in [-0.2, -0.15) is 13.2 Å². The molecule has 0 N–H and O–H groups in total. The third kappa shape index (κ3) is 1.43. The van der Waals surface area contributed by atoms with Crippen LogP contribution in [0.3, 0.4) is 0 Å². The number of alkyl halides is 5. The molecule has 60 valence electrons. The van der Waals surface area contributed by atoms with Crippen LogP contribution in [0.15, 0.2) is 0 Å². The molecule has 0 bridgehead atoms. The Morgan fingerprint density at radius 2 is 1.60 bits per heavy atom. The zero-order valence-corrected chi connectivity index (χ0v) is 4.58. The van der Waals surface area contributed by atoms with E-state index >= 15 is 0 Å². The van der Waals surface area contributed by atoms with E-state index in [0.29, 0.717) is 0 Å². The van der Waals surface area contributed by atoms with E-state index in [2.05, 4.69) is 0 Å². The molecule has 1 atom stereocenters. The average Bonchev–Trinajstić information content (AvgIpc) is 1.84. The second-order valence-corrected chi connectivity index (χ2v) is 1.61. The van der Waals surface area contributed by atoms with Gasteiger partial charge in [0.05, 0.1) is 0 Å². The summed E-state index contributed by atoms with van der Waals surface area (Å²) in [6.45, 7) is -2.38. The molecular weight excluding hydrogens is 159 g/mol. The highest BCUT2D eigenvalue weighted by Gasteiger charge is 2.56. The normalized spacial score (nSPS) is 18.1. The molecule has 1 nitrogen and oxygen atoms in total. The van der Waals surface area contributed by atoms with Gasteiger partial charge in [-0.25, -0.2) is 8.78 Å². The molecular formula is C4H3F5O. The first-order chi connectivity index (χ1) is 4.37. The number of hydrogen-bond acceptors (Lipinski definition) is 1. The van der Waals surface area contributed by atoms with Crippen LogP contribution in [0.4, 0.5) is 22.0 Å². The van der Waals surface area contributed by atoms with Crippen LogP contribution in [0.1, 0.15) is 0 Å². The summed E-state index contributed by atoms with van der Waals surface area (Å²) in [5.41, 5.74) is -4.33. The van der Waals surface area contributed by atoms with E-state index in [1.807, 2.05) is 0 Å². The fourth-order valence-electron chi connectivity index (χ4n) is 0.174. The fraction of sp³-hybridized carbons (Fsp3) is 0.750. The minimum atomic E-state index is -5.45. The lowest BCUT2D eigenvalue weighted by atomic mass is 10.1. The third-order valence-electron chi connectivity index (χ3n) is 0.853. The molecule has 0 radical (unpaired) electrons. The highest BCUT2D eigenvalue weighted by atomic mass is 19.4. The van der Waals surface area contributed by atoms with Crippen LogP contribution in [0.5, 0.6) is 0 Å². The largest absolute Gasteiger partial charge is 0.432 e. The highest BCUT2D eigenvalue weighted by Crippen LogP contribution is 2.32. The van der Waals surface area contributed by atoms with Gasteiger partial charge in [0.15, 0.2) is 6.29 Å². The molecule has 0 spiro atoms. The van der Waals surface area contributed by atoms with Crippen LogP contribution < -0.4 is 0 Å². The van der Waals surface area contributed by atoms with E-state index in [9.17, 15) is 26.7 Å². The molecule has 0 heterocycles. The average molecular weight is 162 g/mol. The van der Waals surface area contributed by atoms with Gasteiger partial charge in [0.1, 0.15) is 6.67 Å². The van der Waals surface area contributed by atoms with E-state index in [0.717, 1.165) is 0 Å². The minimum Gasteiger partial charge on any atom is -0.299 e. The molecule has 0 fully saturated rings. The van der Waals surface area contributed by atoms with E-state index in [4.69, 9.17) is 0 Å². The molecule has 0 aromatic rings. The fourth-order valence-corrected chi connectivity index (χ4v) is 0.174. The summed E-state index contributed by atoms with van der Waals surface area (Å²) in [6, 6.07) is 0. The summed E-state index contributed by atoms with van der Waals surface area (Å²) >= 11 is 0. The van der Waals surface area contributed by atoms with Gasteiger partial charge < -0.3 is 0 Å². The van der Waals surface area contributed by atoms with E-state index in [1.54, 1.807) is 0 Å². The van der Waals surface area contributed by atoms with Crippen molar-refractivity contribution in [3.05, 3.63) is 0 Å². The first-order valence-corrected chi connectivity index (χ1v) is 2.15. The van der Waals surface area contributed by atoms with Gasteiger partial charge >= 0.3 is 6.18 Å². The van der Waals surface area contributed by atoms with Gasteiger partial charge in [0, 0.05) is 0 Å². The molecule has 0 aromatic carbocycles. The maximum absolute atomic E-state index is 11.9. The van der Waals surface area contributed by atoms with Crippen molar-refractivity contribution in [2.45, 2.75) is 11.8 Å². The van der Waals surface area contributed by atoms with Gasteiger partial charge in [-0.05, 0) is 0 Å². The number of halogens is 5. The monoisotopic (exact) mass is 162 g/mol. The lowest BCUT2D eigenvalue weighted by Crippen LogP contribution is -2.44. The predicted molar refractivity (Wildman–Crippen MR) is 21.9 cm³/mol. The summed E-state index contributed by atoms with van der Waals surface area (Å²) in [5.74, 6) is 0. The SMILES string of the molecule is O=CC(F)(CF)C(F)(F)F. The van der Waals surface area contributed by atoms with Crippen molar-refractivity contribution in [1.29, 1.82) is 0 Å². The molecule has 0 aromatic heterocycles. The van der Waals surface area contributed by atoms with Crippen LogP contribution in [-0.2, 0) is 4.79 Å². The van der Waals surface area contributed by atoms with Gasteiger partial charge in [-0.1, -0.05) is 0 Å². The Morgan fingerprint density at radius 1 is 1.20 bits per heavy atom. The second-order valence-electron chi connectivity index (χ2n) is 1.61. The topological polar surface area (TPSA) is 17.1 Å². The lowest BCUT2D eigenvalue weighted by molar-refractivity contribution is -0.222. The Morgan fingerprint density at radius 3 is 1.60 bits per heavy atom. The Labute approximate surface area is 52.8 Å². The maximum Gasteiger partial charge on any atom is 0.432 e.